The zero-order valence-electron chi connectivity index (χ0n) is 16.0. The lowest BCUT2D eigenvalue weighted by atomic mass is 9.99. The molecule has 2 aliphatic rings. The lowest BCUT2D eigenvalue weighted by Gasteiger charge is -2.35. The number of halogens is 2. The summed E-state index contributed by atoms with van der Waals surface area (Å²) in [6, 6.07) is 3.70. The fourth-order valence-corrected chi connectivity index (χ4v) is 4.28. The minimum Gasteiger partial charge on any atom is -0.507 e. The summed E-state index contributed by atoms with van der Waals surface area (Å²) in [5, 5.41) is 23.0. The molecular weight excluding hydrogens is 396 g/mol. The average molecular weight is 415 g/mol. The summed E-state index contributed by atoms with van der Waals surface area (Å²) in [5.74, 6) is -2.46. The molecule has 0 amide bonds. The second-order valence-corrected chi connectivity index (χ2v) is 7.60. The molecule has 0 saturated carbocycles. The first-order valence-electron chi connectivity index (χ1n) is 9.55. The summed E-state index contributed by atoms with van der Waals surface area (Å²) in [7, 11) is 1.48. The summed E-state index contributed by atoms with van der Waals surface area (Å²) in [6.07, 6.45) is 3.35. The number of alkyl halides is 2. The average Bonchev–Trinajstić information content (AvgIpc) is 2.97. The van der Waals surface area contributed by atoms with Crippen molar-refractivity contribution in [2.75, 3.05) is 7.11 Å². The number of piperidine rings is 1. The number of benzene rings is 1. The molecule has 4 atom stereocenters. The molecule has 2 bridgehead atoms. The van der Waals surface area contributed by atoms with Gasteiger partial charge in [-0.05, 0) is 23.6 Å². The number of nitrogens with zero attached hydrogens (tertiary/aromatic N) is 4. The number of aromatic hydroxyl groups is 1. The molecule has 2 saturated heterocycles. The Morgan fingerprint density at radius 3 is 2.83 bits per heavy atom. The van der Waals surface area contributed by atoms with E-state index in [4.69, 9.17) is 9.47 Å². The first-order valence-corrected chi connectivity index (χ1v) is 9.55. The Morgan fingerprint density at radius 2 is 2.07 bits per heavy atom. The molecule has 10 heteroatoms. The predicted molar refractivity (Wildman–Crippen MR) is 102 cm³/mol. The van der Waals surface area contributed by atoms with Crippen LogP contribution in [0, 0.1) is 0 Å². The van der Waals surface area contributed by atoms with Crippen LogP contribution in [-0.2, 0) is 4.74 Å². The van der Waals surface area contributed by atoms with E-state index in [-0.39, 0.29) is 30.3 Å². The van der Waals surface area contributed by atoms with Gasteiger partial charge in [0.2, 0.25) is 0 Å². The number of ether oxygens (including phenoxy) is 2. The van der Waals surface area contributed by atoms with E-state index in [0.29, 0.717) is 5.56 Å². The Morgan fingerprint density at radius 1 is 1.20 bits per heavy atom. The van der Waals surface area contributed by atoms with Gasteiger partial charge in [-0.25, -0.2) is 13.8 Å². The number of rotatable bonds is 4. The molecule has 1 aromatic carbocycles. The third-order valence-corrected chi connectivity index (χ3v) is 5.73. The van der Waals surface area contributed by atoms with Crippen molar-refractivity contribution in [2.24, 2.45) is 0 Å². The van der Waals surface area contributed by atoms with E-state index in [2.05, 4.69) is 25.5 Å². The first-order chi connectivity index (χ1) is 14.4. The van der Waals surface area contributed by atoms with Crippen molar-refractivity contribution in [1.82, 2.24) is 25.5 Å². The van der Waals surface area contributed by atoms with Crippen LogP contribution in [0.3, 0.4) is 0 Å². The Balaban J connectivity index is 1.37. The molecule has 5 rings (SSSR count). The molecule has 4 heterocycles. The Kier molecular flexibility index (Phi) is 4.48. The molecule has 0 spiro atoms. The van der Waals surface area contributed by atoms with Gasteiger partial charge in [0.15, 0.2) is 5.82 Å². The monoisotopic (exact) mass is 415 g/mol. The second-order valence-electron chi connectivity index (χ2n) is 7.60. The van der Waals surface area contributed by atoms with Crippen LogP contribution >= 0.6 is 0 Å². The molecule has 0 radical (unpaired) electrons. The van der Waals surface area contributed by atoms with Gasteiger partial charge in [0, 0.05) is 43.8 Å². The number of pyridine rings is 1. The third-order valence-electron chi connectivity index (χ3n) is 5.73. The molecule has 2 aliphatic heterocycles. The van der Waals surface area contributed by atoms with Gasteiger partial charge in [0.1, 0.15) is 18.0 Å². The number of fused-ring (bicyclic) bond motifs is 3. The molecule has 156 valence electrons. The van der Waals surface area contributed by atoms with Crippen molar-refractivity contribution in [2.45, 2.75) is 43.1 Å². The van der Waals surface area contributed by atoms with Crippen molar-refractivity contribution >= 4 is 10.8 Å². The van der Waals surface area contributed by atoms with Crippen LogP contribution in [0.4, 0.5) is 8.78 Å². The molecule has 0 aliphatic carbocycles. The Bertz CT molecular complexity index is 1080. The van der Waals surface area contributed by atoms with Gasteiger partial charge in [-0.15, -0.1) is 10.2 Å². The molecule has 2 unspecified atom stereocenters. The van der Waals surface area contributed by atoms with E-state index in [1.54, 1.807) is 24.5 Å². The molecule has 8 nitrogen and oxygen atoms in total. The highest BCUT2D eigenvalue weighted by atomic mass is 19.3. The molecule has 3 aromatic rings. The molecule has 30 heavy (non-hydrogen) atoms. The topological polar surface area (TPSA) is 102 Å². The van der Waals surface area contributed by atoms with Crippen LogP contribution < -0.4 is 10.1 Å². The van der Waals surface area contributed by atoms with E-state index >= 15 is 0 Å². The van der Waals surface area contributed by atoms with E-state index in [1.807, 2.05) is 6.07 Å². The second kappa shape index (κ2) is 7.06. The van der Waals surface area contributed by atoms with Crippen molar-refractivity contribution in [1.29, 1.82) is 0 Å². The fourth-order valence-electron chi connectivity index (χ4n) is 4.28. The largest absolute Gasteiger partial charge is 0.507 e. The standard InChI is InChI=1S/C20H19F2N5O3/c1-29-18-13-7-20(21,22)16(25-13)6-15(18)30-17-9-24-19(27-26-17)12-4-10-2-3-23-8-11(10)5-14(12)28/h2-5,8-9,13,15-16,18,25,28H,6-7H2,1H3/t13?,15-,16?,18-/m0/s1. The SMILES string of the molecule is CO[C@H]1C2CC(F)(F)C(C[C@@H]1Oc1cnc(-c3cc4ccncc4cc3O)nn1)N2. The smallest absolute Gasteiger partial charge is 0.264 e. The van der Waals surface area contributed by atoms with Crippen LogP contribution in [0.25, 0.3) is 22.2 Å². The van der Waals surface area contributed by atoms with E-state index in [0.717, 1.165) is 10.8 Å². The predicted octanol–water partition coefficient (Wildman–Crippen LogP) is 2.32. The van der Waals surface area contributed by atoms with Crippen LogP contribution in [0.1, 0.15) is 12.8 Å². The number of hydrogen-bond acceptors (Lipinski definition) is 8. The van der Waals surface area contributed by atoms with Gasteiger partial charge >= 0.3 is 0 Å². The highest BCUT2D eigenvalue weighted by Gasteiger charge is 2.57. The molecule has 2 aromatic heterocycles. The number of phenols is 1. The van der Waals surface area contributed by atoms with Gasteiger partial charge in [0.25, 0.3) is 11.8 Å². The van der Waals surface area contributed by atoms with Gasteiger partial charge in [-0.3, -0.25) is 4.98 Å². The number of hydrogen-bond donors (Lipinski definition) is 2. The zero-order chi connectivity index (χ0) is 20.9. The van der Waals surface area contributed by atoms with Gasteiger partial charge in [-0.2, -0.15) is 0 Å². The summed E-state index contributed by atoms with van der Waals surface area (Å²) >= 11 is 0. The minimum absolute atomic E-state index is 0.00239. The Hall–Kier alpha value is -2.98. The first kappa shape index (κ1) is 19.0. The molecular formula is C20H19F2N5O3. The van der Waals surface area contributed by atoms with E-state index < -0.39 is 30.2 Å². The van der Waals surface area contributed by atoms with Gasteiger partial charge in [-0.1, -0.05) is 0 Å². The lowest BCUT2D eigenvalue weighted by molar-refractivity contribution is -0.0492. The van der Waals surface area contributed by atoms with E-state index in [1.165, 1.54) is 13.3 Å². The number of methoxy groups -OCH3 is 1. The highest BCUT2D eigenvalue weighted by molar-refractivity contribution is 5.88. The summed E-state index contributed by atoms with van der Waals surface area (Å²) in [5.41, 5.74) is 0.419. The lowest BCUT2D eigenvalue weighted by Crippen LogP contribution is -2.55. The third kappa shape index (κ3) is 3.21. The van der Waals surface area contributed by atoms with Crippen molar-refractivity contribution in [3.63, 3.8) is 0 Å². The van der Waals surface area contributed by atoms with Crippen LogP contribution in [0.2, 0.25) is 0 Å². The quantitative estimate of drug-likeness (QED) is 0.670. The Labute approximate surface area is 170 Å². The van der Waals surface area contributed by atoms with Crippen molar-refractivity contribution in [3.05, 3.63) is 36.8 Å². The minimum atomic E-state index is -2.80. The van der Waals surface area contributed by atoms with Crippen molar-refractivity contribution in [3.8, 4) is 23.0 Å². The normalized spacial score (nSPS) is 27.3. The maximum absolute atomic E-state index is 14.1. The zero-order valence-corrected chi connectivity index (χ0v) is 16.0. The van der Waals surface area contributed by atoms with Gasteiger partial charge < -0.3 is 19.9 Å². The van der Waals surface area contributed by atoms with Crippen LogP contribution in [-0.4, -0.2) is 62.6 Å². The summed E-state index contributed by atoms with van der Waals surface area (Å²) in [4.78, 5) is 8.26. The fraction of sp³-hybridized carbons (Fsp3) is 0.400. The summed E-state index contributed by atoms with van der Waals surface area (Å²) < 4.78 is 39.4. The van der Waals surface area contributed by atoms with Crippen LogP contribution in [0.5, 0.6) is 11.6 Å². The maximum atomic E-state index is 14.1. The number of nitrogens with one attached hydrogen (secondary N) is 1. The maximum Gasteiger partial charge on any atom is 0.264 e. The highest BCUT2D eigenvalue weighted by Crippen LogP contribution is 2.41. The number of aromatic nitrogens is 4. The molecule has 2 fully saturated rings. The van der Waals surface area contributed by atoms with Crippen LogP contribution in [0.15, 0.2) is 36.8 Å². The van der Waals surface area contributed by atoms with Crippen molar-refractivity contribution < 1.29 is 23.4 Å². The number of phenolic OH excluding ortho intramolecular Hbond substituents is 1. The van der Waals surface area contributed by atoms with Gasteiger partial charge in [0.05, 0.1) is 17.8 Å². The van der Waals surface area contributed by atoms with E-state index in [9.17, 15) is 13.9 Å². The molecule has 2 N–H and O–H groups in total. The summed E-state index contributed by atoms with van der Waals surface area (Å²) in [6.45, 7) is 0.